The van der Waals surface area contributed by atoms with E-state index in [1.165, 1.54) is 23.9 Å². The maximum Gasteiger partial charge on any atom is 0.186 e. The minimum absolute atomic E-state index is 0.0115. The highest BCUT2D eigenvalue weighted by Crippen LogP contribution is 2.11. The quantitative estimate of drug-likeness (QED) is 0.848. The van der Waals surface area contributed by atoms with Gasteiger partial charge in [0.05, 0.1) is 5.03 Å². The molecule has 1 N–H and O–H groups in total. The van der Waals surface area contributed by atoms with Gasteiger partial charge in [0.25, 0.3) is 0 Å². The Morgan fingerprint density at radius 1 is 1.29 bits per heavy atom. The Kier molecular flexibility index (Phi) is 3.64. The molecule has 0 saturated carbocycles. The van der Waals surface area contributed by atoms with Gasteiger partial charge >= 0.3 is 0 Å². The summed E-state index contributed by atoms with van der Waals surface area (Å²) in [5.74, 6) is -0.264. The third-order valence-electron chi connectivity index (χ3n) is 2.50. The number of rotatable bonds is 3. The highest BCUT2D eigenvalue weighted by atomic mass is 32.2. The van der Waals surface area contributed by atoms with E-state index in [0.717, 1.165) is 10.6 Å². The molecule has 4 heteroatoms. The Hall–Kier alpha value is -1.55. The van der Waals surface area contributed by atoms with Gasteiger partial charge in [-0.2, -0.15) is 0 Å². The summed E-state index contributed by atoms with van der Waals surface area (Å²) in [7, 11) is 0. The second-order valence-corrected chi connectivity index (χ2v) is 4.54. The maximum atomic E-state index is 12.7. The van der Waals surface area contributed by atoms with Crippen LogP contribution in [0.2, 0.25) is 0 Å². The van der Waals surface area contributed by atoms with Gasteiger partial charge in [0.15, 0.2) is 5.43 Å². The van der Waals surface area contributed by atoms with Crippen LogP contribution in [0.5, 0.6) is 0 Å². The van der Waals surface area contributed by atoms with Gasteiger partial charge in [-0.05, 0) is 24.0 Å². The average Bonchev–Trinajstić information content (AvgIpc) is 2.34. The van der Waals surface area contributed by atoms with Crippen molar-refractivity contribution in [2.45, 2.75) is 11.4 Å². The smallest absolute Gasteiger partial charge is 0.186 e. The van der Waals surface area contributed by atoms with Crippen molar-refractivity contribution in [2.24, 2.45) is 0 Å². The fourth-order valence-corrected chi connectivity index (χ4v) is 1.96. The van der Waals surface area contributed by atoms with E-state index in [0.29, 0.717) is 12.0 Å². The summed E-state index contributed by atoms with van der Waals surface area (Å²) in [6, 6.07) is 7.78. The molecule has 2 aromatic rings. The average molecular weight is 249 g/mol. The lowest BCUT2D eigenvalue weighted by Gasteiger charge is -2.02. The summed E-state index contributed by atoms with van der Waals surface area (Å²) in [6.45, 7) is 0. The van der Waals surface area contributed by atoms with Gasteiger partial charge in [0, 0.05) is 24.2 Å². The summed E-state index contributed by atoms with van der Waals surface area (Å²) in [6.07, 6.45) is 4.15. The van der Waals surface area contributed by atoms with Crippen molar-refractivity contribution in [1.29, 1.82) is 0 Å². The number of halogens is 1. The first kappa shape index (κ1) is 11.9. The Bertz CT molecular complexity index is 562. The van der Waals surface area contributed by atoms with E-state index in [4.69, 9.17) is 0 Å². The molecule has 0 fully saturated rings. The molecular formula is C13H12FNOS. The third-order valence-corrected chi connectivity index (χ3v) is 3.17. The molecule has 17 heavy (non-hydrogen) atoms. The monoisotopic (exact) mass is 249 g/mol. The number of hydrogen-bond acceptors (Lipinski definition) is 2. The summed E-state index contributed by atoms with van der Waals surface area (Å²) >= 11 is 1.49. The van der Waals surface area contributed by atoms with Crippen LogP contribution in [0, 0.1) is 5.82 Å². The van der Waals surface area contributed by atoms with Crippen molar-refractivity contribution in [3.05, 3.63) is 63.7 Å². The predicted octanol–water partition coefficient (Wildman–Crippen LogP) is 2.83. The van der Waals surface area contributed by atoms with Crippen LogP contribution in [0.15, 0.2) is 46.3 Å². The zero-order valence-electron chi connectivity index (χ0n) is 9.37. The van der Waals surface area contributed by atoms with Crippen LogP contribution < -0.4 is 5.43 Å². The summed E-state index contributed by atoms with van der Waals surface area (Å²) < 4.78 is 12.7. The number of pyridine rings is 1. The Morgan fingerprint density at radius 2 is 2.00 bits per heavy atom. The predicted molar refractivity (Wildman–Crippen MR) is 68.0 cm³/mol. The van der Waals surface area contributed by atoms with Crippen molar-refractivity contribution in [1.82, 2.24) is 4.98 Å². The standard InChI is InChI=1S/C13H12FNOS/c1-17-13-7-12(16)10(8-15-13)6-9-2-4-11(14)5-3-9/h2-5,7-8H,6H2,1H3,(H,15,16). The summed E-state index contributed by atoms with van der Waals surface area (Å²) in [4.78, 5) is 14.8. The minimum Gasteiger partial charge on any atom is -0.356 e. The van der Waals surface area contributed by atoms with Crippen LogP contribution in [0.3, 0.4) is 0 Å². The van der Waals surface area contributed by atoms with Crippen molar-refractivity contribution in [3.8, 4) is 0 Å². The topological polar surface area (TPSA) is 32.9 Å². The Labute approximate surface area is 103 Å². The van der Waals surface area contributed by atoms with E-state index in [9.17, 15) is 9.18 Å². The van der Waals surface area contributed by atoms with Gasteiger partial charge in [-0.3, -0.25) is 4.79 Å². The molecule has 0 aliphatic carbocycles. The van der Waals surface area contributed by atoms with Crippen LogP contribution in [0.4, 0.5) is 4.39 Å². The molecule has 1 heterocycles. The first-order valence-electron chi connectivity index (χ1n) is 5.19. The number of nitrogens with one attached hydrogen (secondary N) is 1. The van der Waals surface area contributed by atoms with E-state index in [2.05, 4.69) is 4.98 Å². The molecule has 0 atom stereocenters. The number of hydrogen-bond donors (Lipinski definition) is 1. The van der Waals surface area contributed by atoms with Crippen molar-refractivity contribution in [2.75, 3.05) is 6.26 Å². The van der Waals surface area contributed by atoms with Gasteiger partial charge in [0.2, 0.25) is 0 Å². The van der Waals surface area contributed by atoms with Gasteiger partial charge in [-0.25, -0.2) is 4.39 Å². The molecule has 1 aromatic carbocycles. The molecular weight excluding hydrogens is 237 g/mol. The van der Waals surface area contributed by atoms with Crippen LogP contribution >= 0.6 is 11.8 Å². The Balaban J connectivity index is 2.24. The second kappa shape index (κ2) is 5.19. The van der Waals surface area contributed by atoms with Gasteiger partial charge in [-0.15, -0.1) is 11.8 Å². The lowest BCUT2D eigenvalue weighted by atomic mass is 10.1. The Morgan fingerprint density at radius 3 is 2.59 bits per heavy atom. The molecule has 2 rings (SSSR count). The molecule has 0 unspecified atom stereocenters. The van der Waals surface area contributed by atoms with Gasteiger partial charge in [-0.1, -0.05) is 12.1 Å². The fraction of sp³-hybridized carbons (Fsp3) is 0.154. The highest BCUT2D eigenvalue weighted by molar-refractivity contribution is 7.98. The molecule has 88 valence electrons. The van der Waals surface area contributed by atoms with Crippen LogP contribution in [0.1, 0.15) is 11.1 Å². The van der Waals surface area contributed by atoms with E-state index in [1.54, 1.807) is 24.4 Å². The van der Waals surface area contributed by atoms with Crippen molar-refractivity contribution < 1.29 is 4.39 Å². The molecule has 0 bridgehead atoms. The maximum absolute atomic E-state index is 12.7. The lowest BCUT2D eigenvalue weighted by molar-refractivity contribution is 0.627. The van der Waals surface area contributed by atoms with Crippen LogP contribution in [0.25, 0.3) is 0 Å². The lowest BCUT2D eigenvalue weighted by Crippen LogP contribution is -2.09. The van der Waals surface area contributed by atoms with E-state index in [-0.39, 0.29) is 11.2 Å². The zero-order valence-corrected chi connectivity index (χ0v) is 10.2. The number of aromatic nitrogens is 1. The molecule has 0 spiro atoms. The number of aromatic amines is 1. The van der Waals surface area contributed by atoms with E-state index >= 15 is 0 Å². The van der Waals surface area contributed by atoms with Crippen LogP contribution in [-0.4, -0.2) is 11.2 Å². The largest absolute Gasteiger partial charge is 0.356 e. The fourth-order valence-electron chi connectivity index (χ4n) is 1.56. The van der Waals surface area contributed by atoms with E-state index in [1.807, 2.05) is 6.26 Å². The molecule has 1 aromatic heterocycles. The first-order valence-corrected chi connectivity index (χ1v) is 6.41. The van der Waals surface area contributed by atoms with E-state index < -0.39 is 0 Å². The SMILES string of the molecule is CSc1cc(=O)c(Cc2ccc(F)cc2)c[nH]1. The summed E-state index contributed by atoms with van der Waals surface area (Å²) in [5.41, 5.74) is 1.63. The summed E-state index contributed by atoms with van der Waals surface area (Å²) in [5, 5.41) is 0.845. The molecule has 0 aliphatic heterocycles. The molecule has 0 saturated heterocycles. The van der Waals surface area contributed by atoms with Crippen LogP contribution in [-0.2, 0) is 6.42 Å². The molecule has 0 aliphatic rings. The normalized spacial score (nSPS) is 10.5. The highest BCUT2D eigenvalue weighted by Gasteiger charge is 2.02. The van der Waals surface area contributed by atoms with Crippen molar-refractivity contribution in [3.63, 3.8) is 0 Å². The number of benzene rings is 1. The van der Waals surface area contributed by atoms with Gasteiger partial charge in [0.1, 0.15) is 5.82 Å². The second-order valence-electron chi connectivity index (χ2n) is 3.69. The molecule has 0 amide bonds. The van der Waals surface area contributed by atoms with Gasteiger partial charge < -0.3 is 4.98 Å². The third kappa shape index (κ3) is 2.97. The minimum atomic E-state index is -0.264. The number of H-pyrrole nitrogens is 1. The molecule has 2 nitrogen and oxygen atoms in total. The molecule has 0 radical (unpaired) electrons. The zero-order chi connectivity index (χ0) is 12.3. The van der Waals surface area contributed by atoms with Crippen molar-refractivity contribution >= 4 is 11.8 Å². The number of thioether (sulfide) groups is 1. The first-order chi connectivity index (χ1) is 8.19.